The fraction of sp³-hybridized carbons (Fsp3) is 0.571. The molecule has 7 heteroatoms. The first-order valence-electron chi connectivity index (χ1n) is 7.00. The summed E-state index contributed by atoms with van der Waals surface area (Å²) in [5, 5.41) is 23.4. The fourth-order valence-corrected chi connectivity index (χ4v) is 2.67. The van der Waals surface area contributed by atoms with E-state index in [0.717, 1.165) is 31.7 Å². The van der Waals surface area contributed by atoms with E-state index < -0.39 is 22.2 Å². The first-order chi connectivity index (χ1) is 9.99. The molecule has 116 valence electrons. The van der Waals surface area contributed by atoms with E-state index >= 15 is 0 Å². The Hall–Kier alpha value is -1.60. The average molecular weight is 300 g/mol. The lowest BCUT2D eigenvalue weighted by Gasteiger charge is -2.27. The van der Waals surface area contributed by atoms with Gasteiger partial charge < -0.3 is 10.4 Å². The van der Waals surface area contributed by atoms with Crippen LogP contribution in [0, 0.1) is 27.7 Å². The topological polar surface area (TPSA) is 75.4 Å². The second-order valence-corrected chi connectivity index (χ2v) is 5.39. The van der Waals surface area contributed by atoms with Gasteiger partial charge in [-0.05, 0) is 18.8 Å². The predicted octanol–water partition coefficient (Wildman–Crippen LogP) is 2.51. The van der Waals surface area contributed by atoms with Gasteiger partial charge in [-0.15, -0.1) is 0 Å². The molecule has 0 aromatic heterocycles. The van der Waals surface area contributed by atoms with Gasteiger partial charge >= 0.3 is 5.69 Å². The number of aliphatic hydroxyl groups excluding tert-OH is 1. The molecular weight excluding hydrogens is 282 g/mol. The van der Waals surface area contributed by atoms with Crippen LogP contribution in [-0.4, -0.2) is 22.7 Å². The zero-order chi connectivity index (χ0) is 15.4. The molecule has 5 nitrogen and oxygen atoms in total. The van der Waals surface area contributed by atoms with Crippen LogP contribution in [-0.2, 0) is 6.54 Å². The molecule has 2 rings (SSSR count). The molecule has 0 heterocycles. The van der Waals surface area contributed by atoms with Crippen LogP contribution in [0.1, 0.15) is 31.2 Å². The van der Waals surface area contributed by atoms with E-state index in [-0.39, 0.29) is 24.1 Å². The third-order valence-corrected chi connectivity index (χ3v) is 3.90. The normalized spacial score (nSPS) is 22.2. The van der Waals surface area contributed by atoms with Gasteiger partial charge in [0, 0.05) is 30.8 Å². The third kappa shape index (κ3) is 3.95. The molecule has 0 saturated heterocycles. The van der Waals surface area contributed by atoms with Crippen LogP contribution in [0.15, 0.2) is 12.1 Å². The molecule has 0 amide bonds. The van der Waals surface area contributed by atoms with Crippen LogP contribution in [0.25, 0.3) is 0 Å². The lowest BCUT2D eigenvalue weighted by atomic mass is 9.86. The Morgan fingerprint density at radius 1 is 1.29 bits per heavy atom. The first kappa shape index (κ1) is 15.8. The smallest absolute Gasteiger partial charge is 0.305 e. The summed E-state index contributed by atoms with van der Waals surface area (Å²) in [6, 6.07) is 1.44. The van der Waals surface area contributed by atoms with Gasteiger partial charge in [0.1, 0.15) is 5.82 Å². The minimum absolute atomic E-state index is 0.0494. The van der Waals surface area contributed by atoms with Crippen molar-refractivity contribution in [1.82, 2.24) is 5.32 Å². The molecule has 1 aromatic carbocycles. The van der Waals surface area contributed by atoms with Gasteiger partial charge in [0.2, 0.25) is 5.82 Å². The molecule has 1 saturated carbocycles. The number of halogens is 2. The number of nitro groups is 1. The lowest BCUT2D eigenvalue weighted by molar-refractivity contribution is -0.387. The van der Waals surface area contributed by atoms with Crippen LogP contribution in [0.2, 0.25) is 0 Å². The van der Waals surface area contributed by atoms with Gasteiger partial charge in [-0.1, -0.05) is 12.8 Å². The van der Waals surface area contributed by atoms with E-state index in [1.54, 1.807) is 0 Å². The van der Waals surface area contributed by atoms with Crippen molar-refractivity contribution in [2.45, 2.75) is 38.3 Å². The molecule has 2 unspecified atom stereocenters. The highest BCUT2D eigenvalue weighted by molar-refractivity contribution is 5.37. The largest absolute Gasteiger partial charge is 0.393 e. The Morgan fingerprint density at radius 2 is 2.00 bits per heavy atom. The maximum atomic E-state index is 13.6. The van der Waals surface area contributed by atoms with Crippen LogP contribution in [0.5, 0.6) is 0 Å². The molecule has 21 heavy (non-hydrogen) atoms. The van der Waals surface area contributed by atoms with E-state index in [1.165, 1.54) is 0 Å². The molecule has 1 fully saturated rings. The Bertz CT molecular complexity index is 525. The Labute approximate surface area is 121 Å². The summed E-state index contributed by atoms with van der Waals surface area (Å²) < 4.78 is 26.8. The monoisotopic (exact) mass is 300 g/mol. The summed E-state index contributed by atoms with van der Waals surface area (Å²) >= 11 is 0. The summed E-state index contributed by atoms with van der Waals surface area (Å²) in [6.07, 6.45) is 3.37. The zero-order valence-corrected chi connectivity index (χ0v) is 11.5. The third-order valence-electron chi connectivity index (χ3n) is 3.90. The highest BCUT2D eigenvalue weighted by atomic mass is 19.1. The Kier molecular flexibility index (Phi) is 5.19. The molecule has 1 aromatic rings. The number of nitro benzene ring substituents is 1. The molecule has 2 atom stereocenters. The summed E-state index contributed by atoms with van der Waals surface area (Å²) in [5.74, 6) is -1.88. The highest BCUT2D eigenvalue weighted by Crippen LogP contribution is 2.24. The minimum Gasteiger partial charge on any atom is -0.393 e. The minimum atomic E-state index is -1.18. The van der Waals surface area contributed by atoms with E-state index in [4.69, 9.17) is 0 Å². The van der Waals surface area contributed by atoms with Gasteiger partial charge in [-0.25, -0.2) is 4.39 Å². The Morgan fingerprint density at radius 3 is 2.67 bits per heavy atom. The summed E-state index contributed by atoms with van der Waals surface area (Å²) in [6.45, 7) is 0.571. The van der Waals surface area contributed by atoms with Gasteiger partial charge in [-0.2, -0.15) is 4.39 Å². The molecule has 0 aliphatic heterocycles. The van der Waals surface area contributed by atoms with E-state index in [9.17, 15) is 24.0 Å². The Balaban J connectivity index is 1.96. The van der Waals surface area contributed by atoms with Crippen LogP contribution in [0.4, 0.5) is 14.5 Å². The van der Waals surface area contributed by atoms with Crippen LogP contribution in [0.3, 0.4) is 0 Å². The number of rotatable bonds is 5. The summed E-state index contributed by atoms with van der Waals surface area (Å²) in [5.41, 5.74) is -0.681. The molecule has 0 bridgehead atoms. The van der Waals surface area contributed by atoms with Gasteiger partial charge in [0.15, 0.2) is 0 Å². The number of nitrogens with one attached hydrogen (secondary N) is 1. The molecule has 1 aliphatic rings. The second-order valence-electron chi connectivity index (χ2n) is 5.39. The number of nitrogens with zero attached hydrogens (tertiary/aromatic N) is 1. The number of hydrogen-bond donors (Lipinski definition) is 2. The quantitative estimate of drug-likeness (QED) is 0.647. The van der Waals surface area contributed by atoms with Gasteiger partial charge in [0.25, 0.3) is 0 Å². The van der Waals surface area contributed by atoms with E-state index in [1.807, 2.05) is 0 Å². The molecule has 1 aliphatic carbocycles. The van der Waals surface area contributed by atoms with Crippen molar-refractivity contribution in [2.75, 3.05) is 6.54 Å². The van der Waals surface area contributed by atoms with E-state index in [2.05, 4.69) is 5.32 Å². The van der Waals surface area contributed by atoms with Crippen molar-refractivity contribution in [2.24, 2.45) is 5.92 Å². The predicted molar refractivity (Wildman–Crippen MR) is 72.7 cm³/mol. The lowest BCUT2D eigenvalue weighted by Crippen LogP contribution is -2.33. The van der Waals surface area contributed by atoms with Crippen molar-refractivity contribution in [3.63, 3.8) is 0 Å². The van der Waals surface area contributed by atoms with Crippen LogP contribution >= 0.6 is 0 Å². The van der Waals surface area contributed by atoms with Gasteiger partial charge in [0.05, 0.1) is 11.0 Å². The molecule has 0 spiro atoms. The fourth-order valence-electron chi connectivity index (χ4n) is 2.67. The van der Waals surface area contributed by atoms with Crippen molar-refractivity contribution in [3.05, 3.63) is 39.4 Å². The van der Waals surface area contributed by atoms with Crippen molar-refractivity contribution in [3.8, 4) is 0 Å². The SMILES string of the molecule is O=[N+]([O-])c1cc(CNCC2CCCCC2O)c(F)cc1F. The maximum Gasteiger partial charge on any atom is 0.305 e. The average Bonchev–Trinajstić information content (AvgIpc) is 2.42. The number of benzene rings is 1. The van der Waals surface area contributed by atoms with Crippen molar-refractivity contribution < 1.29 is 18.8 Å². The standard InChI is InChI=1S/C14H18F2N2O3/c15-11-6-12(16)13(18(20)21)5-10(11)8-17-7-9-3-1-2-4-14(9)19/h5-6,9,14,17,19H,1-4,7-8H2. The first-order valence-corrected chi connectivity index (χ1v) is 7.00. The summed E-state index contributed by atoms with van der Waals surface area (Å²) in [4.78, 5) is 9.77. The molecule has 2 N–H and O–H groups in total. The zero-order valence-electron chi connectivity index (χ0n) is 11.5. The number of hydrogen-bond acceptors (Lipinski definition) is 4. The van der Waals surface area contributed by atoms with E-state index in [0.29, 0.717) is 12.6 Å². The van der Waals surface area contributed by atoms with Gasteiger partial charge in [-0.3, -0.25) is 10.1 Å². The summed E-state index contributed by atoms with van der Waals surface area (Å²) in [7, 11) is 0. The van der Waals surface area contributed by atoms with Crippen molar-refractivity contribution >= 4 is 5.69 Å². The second kappa shape index (κ2) is 6.91. The highest BCUT2D eigenvalue weighted by Gasteiger charge is 2.23. The molecule has 0 radical (unpaired) electrons. The molecular formula is C14H18F2N2O3. The van der Waals surface area contributed by atoms with Crippen LogP contribution < -0.4 is 5.32 Å². The maximum absolute atomic E-state index is 13.6. The number of aliphatic hydroxyl groups is 1. The van der Waals surface area contributed by atoms with Crippen molar-refractivity contribution in [1.29, 1.82) is 0 Å².